The first-order valence-electron chi connectivity index (χ1n) is 6.56. The fraction of sp³-hybridized carbons (Fsp3) is 0.429. The monoisotopic (exact) mass is 241 g/mol. The summed E-state index contributed by atoms with van der Waals surface area (Å²) in [5, 5.41) is 3.41. The molecule has 1 aliphatic carbocycles. The van der Waals surface area contributed by atoms with Crippen LogP contribution in [0.25, 0.3) is 11.6 Å². The van der Waals surface area contributed by atoms with Gasteiger partial charge in [-0.05, 0) is 25.0 Å². The summed E-state index contributed by atoms with van der Waals surface area (Å²) >= 11 is 0. The van der Waals surface area contributed by atoms with Crippen molar-refractivity contribution >= 4 is 0 Å². The first-order chi connectivity index (χ1) is 8.92. The Balaban J connectivity index is 1.87. The van der Waals surface area contributed by atoms with Crippen molar-refractivity contribution in [1.82, 2.24) is 15.3 Å². The fourth-order valence-corrected chi connectivity index (χ4v) is 2.58. The Bertz CT molecular complexity index is 573. The van der Waals surface area contributed by atoms with E-state index in [1.165, 1.54) is 29.8 Å². The lowest BCUT2D eigenvalue weighted by Crippen LogP contribution is -2.26. The molecule has 0 saturated heterocycles. The van der Waals surface area contributed by atoms with Crippen LogP contribution < -0.4 is 5.32 Å². The lowest BCUT2D eigenvalue weighted by molar-refractivity contribution is 0.571. The van der Waals surface area contributed by atoms with Crippen molar-refractivity contribution in [2.45, 2.75) is 31.7 Å². The summed E-state index contributed by atoms with van der Waals surface area (Å²) in [5.74, 6) is 2.18. The summed E-state index contributed by atoms with van der Waals surface area (Å²) < 4.78 is 5.43. The smallest absolute Gasteiger partial charge is 0.196 e. The number of aromatic nitrogens is 2. The first-order valence-corrected chi connectivity index (χ1v) is 6.56. The maximum atomic E-state index is 5.43. The number of rotatable bonds is 2. The van der Waals surface area contributed by atoms with Gasteiger partial charge in [0.2, 0.25) is 0 Å². The molecule has 0 amide bonds. The van der Waals surface area contributed by atoms with Crippen LogP contribution in [-0.2, 0) is 13.0 Å². The molecule has 3 heterocycles. The Labute approximate surface area is 105 Å². The van der Waals surface area contributed by atoms with Crippen molar-refractivity contribution in [3.8, 4) is 11.6 Å². The number of hydrogen-bond acceptors (Lipinski definition) is 4. The highest BCUT2D eigenvalue weighted by atomic mass is 16.3. The molecular weight excluding hydrogens is 226 g/mol. The summed E-state index contributed by atoms with van der Waals surface area (Å²) in [6.45, 7) is 1.92. The molecule has 0 radical (unpaired) electrons. The molecule has 1 N–H and O–H groups in total. The van der Waals surface area contributed by atoms with E-state index in [0.717, 1.165) is 31.1 Å². The highest BCUT2D eigenvalue weighted by Gasteiger charge is 2.31. The lowest BCUT2D eigenvalue weighted by atomic mass is 10.0. The van der Waals surface area contributed by atoms with Gasteiger partial charge < -0.3 is 9.73 Å². The molecule has 0 bridgehead atoms. The van der Waals surface area contributed by atoms with Gasteiger partial charge in [0.15, 0.2) is 11.6 Å². The van der Waals surface area contributed by atoms with Crippen LogP contribution in [0.3, 0.4) is 0 Å². The van der Waals surface area contributed by atoms with E-state index in [9.17, 15) is 0 Å². The fourth-order valence-electron chi connectivity index (χ4n) is 2.58. The zero-order valence-corrected chi connectivity index (χ0v) is 10.1. The van der Waals surface area contributed by atoms with E-state index in [1.807, 2.05) is 12.1 Å². The van der Waals surface area contributed by atoms with Crippen LogP contribution >= 0.6 is 0 Å². The van der Waals surface area contributed by atoms with Crippen molar-refractivity contribution < 1.29 is 4.42 Å². The molecule has 4 rings (SSSR count). The van der Waals surface area contributed by atoms with E-state index >= 15 is 0 Å². The molecule has 2 aromatic heterocycles. The molecule has 0 unspecified atom stereocenters. The van der Waals surface area contributed by atoms with Crippen LogP contribution in [0.4, 0.5) is 0 Å². The third kappa shape index (κ3) is 1.64. The first kappa shape index (κ1) is 10.3. The van der Waals surface area contributed by atoms with Gasteiger partial charge in [-0.1, -0.05) is 0 Å². The molecule has 1 fully saturated rings. The van der Waals surface area contributed by atoms with Crippen molar-refractivity contribution in [1.29, 1.82) is 0 Å². The van der Waals surface area contributed by atoms with Crippen LogP contribution in [0.1, 0.15) is 35.7 Å². The third-order valence-corrected chi connectivity index (χ3v) is 3.67. The lowest BCUT2D eigenvalue weighted by Gasteiger charge is -2.19. The van der Waals surface area contributed by atoms with Crippen molar-refractivity contribution in [3.05, 3.63) is 35.3 Å². The van der Waals surface area contributed by atoms with E-state index in [0.29, 0.717) is 5.92 Å². The summed E-state index contributed by atoms with van der Waals surface area (Å²) in [4.78, 5) is 9.43. The normalized spacial score (nSPS) is 18.7. The summed E-state index contributed by atoms with van der Waals surface area (Å²) in [6, 6.07) is 3.82. The molecule has 18 heavy (non-hydrogen) atoms. The molecule has 2 aromatic rings. The molecule has 92 valence electrons. The quantitative estimate of drug-likeness (QED) is 0.876. The van der Waals surface area contributed by atoms with Gasteiger partial charge in [0.25, 0.3) is 0 Å². The number of fused-ring (bicyclic) bond motifs is 1. The van der Waals surface area contributed by atoms with Crippen LogP contribution in [0, 0.1) is 0 Å². The van der Waals surface area contributed by atoms with Crippen molar-refractivity contribution in [3.63, 3.8) is 0 Å². The van der Waals surface area contributed by atoms with Gasteiger partial charge in [0, 0.05) is 31.0 Å². The predicted octanol–water partition coefficient (Wildman–Crippen LogP) is 2.26. The number of nitrogens with zero attached hydrogens (tertiary/aromatic N) is 2. The van der Waals surface area contributed by atoms with Crippen LogP contribution in [0.2, 0.25) is 0 Å². The van der Waals surface area contributed by atoms with E-state index in [1.54, 1.807) is 6.26 Å². The largest absolute Gasteiger partial charge is 0.461 e. The maximum absolute atomic E-state index is 5.43. The van der Waals surface area contributed by atoms with Gasteiger partial charge in [0.1, 0.15) is 0 Å². The van der Waals surface area contributed by atoms with E-state index in [4.69, 9.17) is 9.40 Å². The Morgan fingerprint density at radius 2 is 2.22 bits per heavy atom. The van der Waals surface area contributed by atoms with Crippen molar-refractivity contribution in [2.24, 2.45) is 0 Å². The van der Waals surface area contributed by atoms with Gasteiger partial charge in [0.05, 0.1) is 17.7 Å². The highest BCUT2D eigenvalue weighted by Crippen LogP contribution is 2.42. The Morgan fingerprint density at radius 3 is 3.00 bits per heavy atom. The molecule has 1 saturated carbocycles. The number of nitrogens with one attached hydrogen (secondary N) is 1. The second-order valence-corrected chi connectivity index (χ2v) is 5.04. The van der Waals surface area contributed by atoms with Gasteiger partial charge in [-0.2, -0.15) is 0 Å². The highest BCUT2D eigenvalue weighted by molar-refractivity contribution is 5.49. The second-order valence-electron chi connectivity index (χ2n) is 5.04. The Morgan fingerprint density at radius 1 is 1.28 bits per heavy atom. The van der Waals surface area contributed by atoms with E-state index < -0.39 is 0 Å². The van der Waals surface area contributed by atoms with Crippen LogP contribution in [0.15, 0.2) is 22.8 Å². The molecule has 0 aromatic carbocycles. The zero-order valence-electron chi connectivity index (χ0n) is 10.1. The predicted molar refractivity (Wildman–Crippen MR) is 67.1 cm³/mol. The van der Waals surface area contributed by atoms with Crippen LogP contribution in [0.5, 0.6) is 0 Å². The minimum Gasteiger partial charge on any atom is -0.461 e. The average Bonchev–Trinajstić information content (AvgIpc) is 3.12. The third-order valence-electron chi connectivity index (χ3n) is 3.67. The standard InChI is InChI=1S/C14H15N3O/c1-2-12(18-7-1)14-16-11-5-6-15-8-10(11)13(17-14)9-3-4-9/h1-2,7,9,15H,3-6,8H2. The molecule has 4 heteroatoms. The second kappa shape index (κ2) is 3.92. The summed E-state index contributed by atoms with van der Waals surface area (Å²) in [6.07, 6.45) is 5.20. The van der Waals surface area contributed by atoms with Crippen molar-refractivity contribution in [2.75, 3.05) is 6.54 Å². The zero-order chi connectivity index (χ0) is 11.9. The maximum Gasteiger partial charge on any atom is 0.196 e. The Hall–Kier alpha value is -1.68. The van der Waals surface area contributed by atoms with E-state index in [-0.39, 0.29) is 0 Å². The molecular formula is C14H15N3O. The SMILES string of the molecule is c1coc(-c2nc3c(c(C4CC4)n2)CNCC3)c1. The van der Waals surface area contributed by atoms with E-state index in [2.05, 4.69) is 10.3 Å². The molecule has 0 atom stereocenters. The van der Waals surface area contributed by atoms with Gasteiger partial charge >= 0.3 is 0 Å². The minimum absolute atomic E-state index is 0.648. The van der Waals surface area contributed by atoms with Crippen LogP contribution in [-0.4, -0.2) is 16.5 Å². The average molecular weight is 241 g/mol. The van der Waals surface area contributed by atoms with Gasteiger partial charge in [-0.25, -0.2) is 9.97 Å². The molecule has 4 nitrogen and oxygen atoms in total. The minimum atomic E-state index is 0.648. The summed E-state index contributed by atoms with van der Waals surface area (Å²) in [5.41, 5.74) is 3.79. The molecule has 1 aliphatic heterocycles. The Kier molecular flexibility index (Phi) is 2.23. The number of hydrogen-bond donors (Lipinski definition) is 1. The molecule has 0 spiro atoms. The van der Waals surface area contributed by atoms with Gasteiger partial charge in [-0.15, -0.1) is 0 Å². The summed E-state index contributed by atoms with van der Waals surface area (Å²) in [7, 11) is 0. The molecule has 2 aliphatic rings. The van der Waals surface area contributed by atoms with Gasteiger partial charge in [-0.3, -0.25) is 0 Å². The topological polar surface area (TPSA) is 51.0 Å². The number of furan rings is 1.